The van der Waals surface area contributed by atoms with Crippen molar-refractivity contribution in [3.8, 4) is 0 Å². The highest BCUT2D eigenvalue weighted by Gasteiger charge is 2.61. The third-order valence-corrected chi connectivity index (χ3v) is 6.14. The van der Waals surface area contributed by atoms with E-state index in [-0.39, 0.29) is 14.9 Å². The van der Waals surface area contributed by atoms with E-state index in [0.29, 0.717) is 0 Å². The minimum atomic E-state index is -4.29. The molecular formula is C11H8Cl2O5S. The molecule has 0 saturated heterocycles. The third-order valence-electron chi connectivity index (χ3n) is 3.05. The van der Waals surface area contributed by atoms with E-state index >= 15 is 0 Å². The van der Waals surface area contributed by atoms with Crippen LogP contribution >= 0.6 is 23.2 Å². The van der Waals surface area contributed by atoms with Gasteiger partial charge < -0.3 is 5.11 Å². The van der Waals surface area contributed by atoms with Crippen molar-refractivity contribution in [3.05, 3.63) is 28.2 Å². The van der Waals surface area contributed by atoms with Crippen LogP contribution in [0.3, 0.4) is 0 Å². The lowest BCUT2D eigenvalue weighted by atomic mass is 9.83. The lowest BCUT2D eigenvalue weighted by molar-refractivity contribution is -0.147. The molecule has 0 atom stereocenters. The number of benzene rings is 1. The molecule has 1 fully saturated rings. The smallest absolute Gasteiger partial charge is 0.326 e. The summed E-state index contributed by atoms with van der Waals surface area (Å²) in [5.41, 5.74) is 0. The maximum Gasteiger partial charge on any atom is 0.326 e. The van der Waals surface area contributed by atoms with Gasteiger partial charge in [0.05, 0.1) is 9.92 Å². The van der Waals surface area contributed by atoms with E-state index < -0.39 is 39.2 Å². The minimum Gasteiger partial charge on any atom is -0.480 e. The normalized spacial score (nSPS) is 17.9. The maximum atomic E-state index is 12.4. The molecule has 0 unspecified atom stereocenters. The number of Topliss-reactive ketones (excluding diaryl/α,β-unsaturated/α-hetero) is 1. The summed E-state index contributed by atoms with van der Waals surface area (Å²) in [5.74, 6) is -1.97. The molecule has 0 spiro atoms. The van der Waals surface area contributed by atoms with E-state index in [0.717, 1.165) is 6.07 Å². The Morgan fingerprint density at radius 1 is 1.26 bits per heavy atom. The molecule has 1 aliphatic rings. The van der Waals surface area contributed by atoms with E-state index in [1.807, 2.05) is 0 Å². The van der Waals surface area contributed by atoms with Gasteiger partial charge in [0, 0.05) is 17.9 Å². The van der Waals surface area contributed by atoms with E-state index in [2.05, 4.69) is 0 Å². The molecule has 0 aromatic heterocycles. The van der Waals surface area contributed by atoms with E-state index in [1.165, 1.54) is 12.1 Å². The summed E-state index contributed by atoms with van der Waals surface area (Å²) >= 11 is 11.5. The van der Waals surface area contributed by atoms with Gasteiger partial charge in [-0.05, 0) is 18.2 Å². The fourth-order valence-corrected chi connectivity index (χ4v) is 4.55. The van der Waals surface area contributed by atoms with Crippen molar-refractivity contribution in [3.63, 3.8) is 0 Å². The number of carboxylic acids is 1. The molecule has 5 nitrogen and oxygen atoms in total. The monoisotopic (exact) mass is 322 g/mol. The number of sulfone groups is 1. The van der Waals surface area contributed by atoms with Crippen molar-refractivity contribution in [2.75, 3.05) is 0 Å². The fourth-order valence-electron chi connectivity index (χ4n) is 1.94. The summed E-state index contributed by atoms with van der Waals surface area (Å²) in [5, 5.41) is 9.15. The first-order chi connectivity index (χ1) is 8.70. The molecule has 0 radical (unpaired) electrons. The Morgan fingerprint density at radius 3 is 2.32 bits per heavy atom. The fraction of sp³-hybridized carbons (Fsp3) is 0.273. The predicted molar refractivity (Wildman–Crippen MR) is 68.3 cm³/mol. The zero-order valence-electron chi connectivity index (χ0n) is 9.39. The van der Waals surface area contributed by atoms with Gasteiger partial charge in [-0.25, -0.2) is 8.42 Å². The maximum absolute atomic E-state index is 12.4. The van der Waals surface area contributed by atoms with Gasteiger partial charge in [0.15, 0.2) is 14.6 Å². The molecule has 2 rings (SSSR count). The first-order valence-corrected chi connectivity index (χ1v) is 7.39. The summed E-state index contributed by atoms with van der Waals surface area (Å²) in [6, 6.07) is 3.75. The number of aliphatic carboxylic acids is 1. The topological polar surface area (TPSA) is 88.5 Å². The molecule has 0 amide bonds. The van der Waals surface area contributed by atoms with Crippen LogP contribution in [-0.4, -0.2) is 30.0 Å². The molecule has 1 N–H and O–H groups in total. The van der Waals surface area contributed by atoms with Gasteiger partial charge in [0.1, 0.15) is 5.78 Å². The number of hydrogen-bond donors (Lipinski definition) is 1. The summed E-state index contributed by atoms with van der Waals surface area (Å²) in [7, 11) is -4.29. The summed E-state index contributed by atoms with van der Waals surface area (Å²) in [4.78, 5) is 22.0. The molecule has 0 aliphatic heterocycles. The van der Waals surface area contributed by atoms with Crippen molar-refractivity contribution in [2.24, 2.45) is 0 Å². The van der Waals surface area contributed by atoms with Crippen molar-refractivity contribution in [1.82, 2.24) is 0 Å². The zero-order valence-corrected chi connectivity index (χ0v) is 11.7. The molecule has 1 aromatic carbocycles. The van der Waals surface area contributed by atoms with Crippen molar-refractivity contribution >= 4 is 44.8 Å². The zero-order chi connectivity index (χ0) is 14.4. The van der Waals surface area contributed by atoms with Gasteiger partial charge >= 0.3 is 5.97 Å². The second-order valence-corrected chi connectivity index (χ2v) is 7.34. The van der Waals surface area contributed by atoms with Gasteiger partial charge in [-0.15, -0.1) is 0 Å². The van der Waals surface area contributed by atoms with Crippen LogP contribution in [0.2, 0.25) is 10.0 Å². The van der Waals surface area contributed by atoms with Crippen LogP contribution in [0.1, 0.15) is 12.8 Å². The number of ketones is 1. The second kappa shape index (κ2) is 4.47. The third kappa shape index (κ3) is 2.04. The van der Waals surface area contributed by atoms with Crippen LogP contribution in [0.5, 0.6) is 0 Å². The van der Waals surface area contributed by atoms with Crippen LogP contribution in [0.25, 0.3) is 0 Å². The van der Waals surface area contributed by atoms with Gasteiger partial charge in [-0.2, -0.15) is 0 Å². The van der Waals surface area contributed by atoms with Crippen molar-refractivity contribution < 1.29 is 23.1 Å². The van der Waals surface area contributed by atoms with Crippen LogP contribution in [0, 0.1) is 0 Å². The van der Waals surface area contributed by atoms with Crippen molar-refractivity contribution in [1.29, 1.82) is 0 Å². The summed E-state index contributed by atoms with van der Waals surface area (Å²) in [6.07, 6.45) is -1.10. The Bertz CT molecular complexity index is 672. The van der Waals surface area contributed by atoms with Crippen LogP contribution in [0.4, 0.5) is 0 Å². The predicted octanol–water partition coefficient (Wildman–Crippen LogP) is 1.95. The Morgan fingerprint density at radius 2 is 1.84 bits per heavy atom. The largest absolute Gasteiger partial charge is 0.480 e. The molecule has 1 aromatic rings. The van der Waals surface area contributed by atoms with Gasteiger partial charge in [0.2, 0.25) is 0 Å². The van der Waals surface area contributed by atoms with Crippen LogP contribution < -0.4 is 0 Å². The van der Waals surface area contributed by atoms with E-state index in [9.17, 15) is 18.0 Å². The van der Waals surface area contributed by atoms with Crippen LogP contribution in [-0.2, 0) is 19.4 Å². The second-order valence-electron chi connectivity index (χ2n) is 4.27. The highest BCUT2D eigenvalue weighted by molar-refractivity contribution is 7.94. The standard InChI is InChI=1S/C11H8Cl2O5S/c12-6-1-2-8(13)9(3-6)19(17,18)11(10(15)16)4-7(14)5-11/h1-3H,4-5H2,(H,15,16). The summed E-state index contributed by atoms with van der Waals surface area (Å²) in [6.45, 7) is 0. The molecule has 19 heavy (non-hydrogen) atoms. The Balaban J connectivity index is 2.62. The molecule has 8 heteroatoms. The van der Waals surface area contributed by atoms with E-state index in [1.54, 1.807) is 0 Å². The molecular weight excluding hydrogens is 315 g/mol. The lowest BCUT2D eigenvalue weighted by Gasteiger charge is -2.35. The van der Waals surface area contributed by atoms with Gasteiger partial charge in [-0.1, -0.05) is 23.2 Å². The van der Waals surface area contributed by atoms with Crippen molar-refractivity contribution in [2.45, 2.75) is 22.5 Å². The number of halogens is 2. The Labute approximate surface area is 119 Å². The highest BCUT2D eigenvalue weighted by atomic mass is 35.5. The highest BCUT2D eigenvalue weighted by Crippen LogP contribution is 2.43. The lowest BCUT2D eigenvalue weighted by Crippen LogP contribution is -2.56. The molecule has 0 heterocycles. The van der Waals surface area contributed by atoms with E-state index in [4.69, 9.17) is 28.3 Å². The average Bonchev–Trinajstić information content (AvgIpc) is 2.27. The number of rotatable bonds is 3. The Hall–Kier alpha value is -1.11. The average molecular weight is 323 g/mol. The van der Waals surface area contributed by atoms with Gasteiger partial charge in [0.25, 0.3) is 0 Å². The molecule has 0 bridgehead atoms. The Kier molecular flexibility index (Phi) is 3.36. The minimum absolute atomic E-state index is 0.120. The molecule has 102 valence electrons. The number of carbonyl (C=O) groups excluding carboxylic acids is 1. The van der Waals surface area contributed by atoms with Crippen LogP contribution in [0.15, 0.2) is 23.1 Å². The molecule has 1 aliphatic carbocycles. The summed E-state index contributed by atoms with van der Waals surface area (Å²) < 4.78 is 22.7. The number of carbonyl (C=O) groups is 2. The molecule has 1 saturated carbocycles. The first-order valence-electron chi connectivity index (χ1n) is 5.15. The SMILES string of the molecule is O=C1CC(C(=O)O)(S(=O)(=O)c2cc(Cl)ccc2Cl)C1. The number of carboxylic acid groups (broad SMARTS) is 1. The quantitative estimate of drug-likeness (QED) is 0.918. The number of hydrogen-bond acceptors (Lipinski definition) is 4. The first kappa shape index (κ1) is 14.3. The van der Waals surface area contributed by atoms with Gasteiger partial charge in [-0.3, -0.25) is 9.59 Å².